The zero-order valence-electron chi connectivity index (χ0n) is 10.5. The van der Waals surface area contributed by atoms with E-state index >= 15 is 0 Å². The Morgan fingerprint density at radius 1 is 1.50 bits per heavy atom. The third kappa shape index (κ3) is 2.49. The van der Waals surface area contributed by atoms with E-state index in [0.29, 0.717) is 17.8 Å². The Morgan fingerprint density at radius 2 is 2.22 bits per heavy atom. The van der Waals surface area contributed by atoms with Crippen molar-refractivity contribution in [3.05, 3.63) is 16.4 Å². The molecule has 0 saturated heterocycles. The van der Waals surface area contributed by atoms with Crippen molar-refractivity contribution < 1.29 is 4.92 Å². The number of anilines is 2. The number of aromatic nitrogens is 2. The Kier molecular flexibility index (Phi) is 3.59. The number of nitro groups is 1. The summed E-state index contributed by atoms with van der Waals surface area (Å²) in [5.74, 6) is 1.16. The van der Waals surface area contributed by atoms with Crippen LogP contribution in [-0.4, -0.2) is 28.0 Å². The van der Waals surface area contributed by atoms with Gasteiger partial charge in [-0.3, -0.25) is 10.1 Å². The molecule has 98 valence electrons. The molecule has 18 heavy (non-hydrogen) atoms. The van der Waals surface area contributed by atoms with Gasteiger partial charge in [-0.2, -0.15) is 0 Å². The summed E-state index contributed by atoms with van der Waals surface area (Å²) < 4.78 is 0. The third-order valence-electron chi connectivity index (χ3n) is 3.15. The number of hydrogen-bond acceptors (Lipinski definition) is 6. The van der Waals surface area contributed by atoms with Crippen LogP contribution in [0.15, 0.2) is 6.33 Å². The molecule has 1 aromatic rings. The van der Waals surface area contributed by atoms with Crippen molar-refractivity contribution in [1.29, 1.82) is 0 Å². The van der Waals surface area contributed by atoms with Crippen LogP contribution in [0, 0.1) is 16.0 Å². The van der Waals surface area contributed by atoms with Gasteiger partial charge in [0.15, 0.2) is 0 Å². The van der Waals surface area contributed by atoms with E-state index in [9.17, 15) is 10.1 Å². The topological polar surface area (TPSA) is 93.0 Å². The van der Waals surface area contributed by atoms with Gasteiger partial charge in [0, 0.05) is 13.1 Å². The fourth-order valence-corrected chi connectivity index (χ4v) is 2.13. The minimum absolute atomic E-state index is 0.0813. The molecule has 1 heterocycles. The van der Waals surface area contributed by atoms with Crippen LogP contribution in [0.3, 0.4) is 0 Å². The first-order valence-corrected chi connectivity index (χ1v) is 6.11. The maximum atomic E-state index is 11.1. The van der Waals surface area contributed by atoms with Gasteiger partial charge in [-0.05, 0) is 18.8 Å². The summed E-state index contributed by atoms with van der Waals surface area (Å²) in [5, 5.41) is 16.9. The molecule has 0 amide bonds. The van der Waals surface area contributed by atoms with Crippen LogP contribution in [0.25, 0.3) is 0 Å². The Bertz CT molecular complexity index is 451. The molecule has 1 aliphatic carbocycles. The van der Waals surface area contributed by atoms with Crippen molar-refractivity contribution in [2.45, 2.75) is 32.2 Å². The monoisotopic (exact) mass is 251 g/mol. The highest BCUT2D eigenvalue weighted by molar-refractivity contribution is 5.69. The predicted molar refractivity (Wildman–Crippen MR) is 68.7 cm³/mol. The van der Waals surface area contributed by atoms with Crippen LogP contribution >= 0.6 is 0 Å². The summed E-state index contributed by atoms with van der Waals surface area (Å²) in [6, 6.07) is 0.309. The summed E-state index contributed by atoms with van der Waals surface area (Å²) in [6.45, 7) is 2.14. The maximum absolute atomic E-state index is 11.1. The number of nitrogens with one attached hydrogen (secondary N) is 2. The van der Waals surface area contributed by atoms with Gasteiger partial charge in [0.05, 0.1) is 4.92 Å². The normalized spacial score (nSPS) is 21.4. The van der Waals surface area contributed by atoms with Crippen molar-refractivity contribution in [1.82, 2.24) is 9.97 Å². The Balaban J connectivity index is 2.15. The van der Waals surface area contributed by atoms with Gasteiger partial charge in [-0.25, -0.2) is 9.97 Å². The first-order chi connectivity index (χ1) is 8.67. The molecule has 7 heteroatoms. The van der Waals surface area contributed by atoms with Crippen LogP contribution in [0.5, 0.6) is 0 Å². The highest BCUT2D eigenvalue weighted by Crippen LogP contribution is 2.39. The van der Waals surface area contributed by atoms with E-state index in [1.807, 2.05) is 0 Å². The number of hydrogen-bond donors (Lipinski definition) is 2. The lowest BCUT2D eigenvalue weighted by Gasteiger charge is -2.07. The lowest BCUT2D eigenvalue weighted by Crippen LogP contribution is -2.11. The van der Waals surface area contributed by atoms with E-state index in [0.717, 1.165) is 19.3 Å². The molecule has 0 radical (unpaired) electrons. The second kappa shape index (κ2) is 5.16. The lowest BCUT2D eigenvalue weighted by atomic mass is 10.2. The quantitative estimate of drug-likeness (QED) is 0.593. The summed E-state index contributed by atoms with van der Waals surface area (Å²) in [5.41, 5.74) is -0.0813. The zero-order chi connectivity index (χ0) is 13.1. The van der Waals surface area contributed by atoms with Gasteiger partial charge in [0.1, 0.15) is 6.33 Å². The molecule has 0 bridgehead atoms. The Morgan fingerprint density at radius 3 is 2.83 bits per heavy atom. The summed E-state index contributed by atoms with van der Waals surface area (Å²) in [4.78, 5) is 18.4. The molecule has 2 rings (SSSR count). The third-order valence-corrected chi connectivity index (χ3v) is 3.15. The second-order valence-corrected chi connectivity index (χ2v) is 4.46. The second-order valence-electron chi connectivity index (χ2n) is 4.46. The molecule has 0 spiro atoms. The average molecular weight is 251 g/mol. The standard InChI is InChI=1S/C11H17N5O2/c1-3-4-7-5-8(7)15-11-9(16(17)18)10(12-2)13-6-14-11/h6-8H,3-5H2,1-2H3,(H2,12,13,14,15). The highest BCUT2D eigenvalue weighted by Gasteiger charge is 2.38. The molecule has 0 aromatic carbocycles. The van der Waals surface area contributed by atoms with E-state index in [1.54, 1.807) is 7.05 Å². The lowest BCUT2D eigenvalue weighted by molar-refractivity contribution is -0.383. The van der Waals surface area contributed by atoms with Gasteiger partial charge >= 0.3 is 5.69 Å². The van der Waals surface area contributed by atoms with Crippen molar-refractivity contribution in [3.8, 4) is 0 Å². The van der Waals surface area contributed by atoms with Crippen molar-refractivity contribution >= 4 is 17.3 Å². The van der Waals surface area contributed by atoms with Crippen molar-refractivity contribution in [2.24, 2.45) is 5.92 Å². The largest absolute Gasteiger partial charge is 0.367 e. The molecular weight excluding hydrogens is 234 g/mol. The van der Waals surface area contributed by atoms with Crippen molar-refractivity contribution in [2.75, 3.05) is 17.7 Å². The van der Waals surface area contributed by atoms with E-state index < -0.39 is 4.92 Å². The first kappa shape index (κ1) is 12.5. The summed E-state index contributed by atoms with van der Waals surface area (Å²) >= 11 is 0. The number of nitrogens with zero attached hydrogens (tertiary/aromatic N) is 3. The first-order valence-electron chi connectivity index (χ1n) is 6.11. The molecule has 2 unspecified atom stereocenters. The van der Waals surface area contributed by atoms with Crippen LogP contribution in [0.2, 0.25) is 0 Å². The molecule has 1 saturated carbocycles. The molecule has 1 fully saturated rings. The molecule has 7 nitrogen and oxygen atoms in total. The van der Waals surface area contributed by atoms with Gasteiger partial charge in [0.2, 0.25) is 11.6 Å². The van der Waals surface area contributed by atoms with Crippen LogP contribution in [-0.2, 0) is 0 Å². The minimum atomic E-state index is -0.453. The fourth-order valence-electron chi connectivity index (χ4n) is 2.13. The molecule has 0 aliphatic heterocycles. The maximum Gasteiger partial charge on any atom is 0.353 e. The minimum Gasteiger partial charge on any atom is -0.367 e. The van der Waals surface area contributed by atoms with E-state index in [4.69, 9.17) is 0 Å². The van der Waals surface area contributed by atoms with Crippen LogP contribution in [0.4, 0.5) is 17.3 Å². The van der Waals surface area contributed by atoms with Crippen LogP contribution < -0.4 is 10.6 Å². The van der Waals surface area contributed by atoms with Crippen molar-refractivity contribution in [3.63, 3.8) is 0 Å². The summed E-state index contributed by atoms with van der Waals surface area (Å²) in [7, 11) is 1.61. The highest BCUT2D eigenvalue weighted by atomic mass is 16.6. The van der Waals surface area contributed by atoms with Gasteiger partial charge in [-0.15, -0.1) is 0 Å². The fraction of sp³-hybridized carbons (Fsp3) is 0.636. The van der Waals surface area contributed by atoms with Gasteiger partial charge in [-0.1, -0.05) is 13.3 Å². The van der Waals surface area contributed by atoms with Gasteiger partial charge < -0.3 is 10.6 Å². The van der Waals surface area contributed by atoms with Crippen LogP contribution in [0.1, 0.15) is 26.2 Å². The smallest absolute Gasteiger partial charge is 0.353 e. The van der Waals surface area contributed by atoms with Gasteiger partial charge in [0.25, 0.3) is 0 Å². The Labute approximate surface area is 105 Å². The predicted octanol–water partition coefficient (Wildman–Crippen LogP) is 2.03. The van der Waals surface area contributed by atoms with E-state index in [2.05, 4.69) is 27.5 Å². The number of rotatable bonds is 6. The molecule has 1 aromatic heterocycles. The molecule has 2 N–H and O–H groups in total. The summed E-state index contributed by atoms with van der Waals surface area (Å²) in [6.07, 6.45) is 4.67. The average Bonchev–Trinajstić information content (AvgIpc) is 3.07. The molecule has 2 atom stereocenters. The molecular formula is C11H17N5O2. The SMILES string of the molecule is CCCC1CC1Nc1ncnc(NC)c1[N+](=O)[O-]. The molecule has 1 aliphatic rings. The zero-order valence-corrected chi connectivity index (χ0v) is 10.5. The van der Waals surface area contributed by atoms with E-state index in [1.165, 1.54) is 6.33 Å². The Hall–Kier alpha value is -1.92. The van der Waals surface area contributed by atoms with E-state index in [-0.39, 0.29) is 11.5 Å².